The van der Waals surface area contributed by atoms with Crippen LogP contribution < -0.4 is 15.8 Å². The van der Waals surface area contributed by atoms with Crippen LogP contribution in [-0.4, -0.2) is 18.6 Å². The maximum Gasteiger partial charge on any atom is 0.255 e. The number of terminal acetylenes is 1. The average molecular weight is 232 g/mol. The number of ether oxygens (including phenoxy) is 1. The van der Waals surface area contributed by atoms with Gasteiger partial charge in [0, 0.05) is 11.7 Å². The molecule has 0 aliphatic rings. The van der Waals surface area contributed by atoms with Crippen molar-refractivity contribution in [2.24, 2.45) is 0 Å². The van der Waals surface area contributed by atoms with E-state index in [9.17, 15) is 4.79 Å². The summed E-state index contributed by atoms with van der Waals surface area (Å²) >= 11 is 0. The highest BCUT2D eigenvalue weighted by Crippen LogP contribution is 2.21. The minimum atomic E-state index is -0.223. The molecule has 0 aliphatic heterocycles. The minimum Gasteiger partial charge on any atom is -0.480 e. The highest BCUT2D eigenvalue weighted by molar-refractivity contribution is 5.97. The molecule has 1 amide bonds. The Morgan fingerprint density at radius 1 is 1.59 bits per heavy atom. The van der Waals surface area contributed by atoms with Gasteiger partial charge >= 0.3 is 0 Å². The van der Waals surface area contributed by atoms with E-state index >= 15 is 0 Å². The average Bonchev–Trinajstić information content (AvgIpc) is 2.26. The van der Waals surface area contributed by atoms with Crippen LogP contribution in [0.4, 0.5) is 5.69 Å². The second kappa shape index (κ2) is 5.80. The van der Waals surface area contributed by atoms with Crippen LogP contribution in [0.2, 0.25) is 0 Å². The van der Waals surface area contributed by atoms with Gasteiger partial charge in [0.25, 0.3) is 5.91 Å². The SMILES string of the molecule is C#CCOc1ccc(N)cc1C(=O)NC(C)C. The summed E-state index contributed by atoms with van der Waals surface area (Å²) in [6.45, 7) is 3.88. The predicted molar refractivity (Wildman–Crippen MR) is 67.8 cm³/mol. The maximum atomic E-state index is 11.9. The van der Waals surface area contributed by atoms with Gasteiger partial charge in [-0.3, -0.25) is 4.79 Å². The van der Waals surface area contributed by atoms with Crippen molar-refractivity contribution in [1.82, 2.24) is 5.32 Å². The molecule has 0 aliphatic carbocycles. The zero-order valence-corrected chi connectivity index (χ0v) is 9.99. The Balaban J connectivity index is 2.98. The lowest BCUT2D eigenvalue weighted by molar-refractivity contribution is 0.0939. The zero-order valence-electron chi connectivity index (χ0n) is 9.99. The first kappa shape index (κ1) is 12.9. The van der Waals surface area contributed by atoms with E-state index in [0.29, 0.717) is 17.0 Å². The van der Waals surface area contributed by atoms with Crippen molar-refractivity contribution < 1.29 is 9.53 Å². The van der Waals surface area contributed by atoms with Gasteiger partial charge in [-0.2, -0.15) is 0 Å². The van der Waals surface area contributed by atoms with Gasteiger partial charge in [0.05, 0.1) is 5.56 Å². The fourth-order valence-corrected chi connectivity index (χ4v) is 1.31. The van der Waals surface area contributed by atoms with Gasteiger partial charge < -0.3 is 15.8 Å². The number of amides is 1. The van der Waals surface area contributed by atoms with Crippen LogP contribution >= 0.6 is 0 Å². The molecule has 0 saturated heterocycles. The van der Waals surface area contributed by atoms with E-state index in [-0.39, 0.29) is 18.6 Å². The Morgan fingerprint density at radius 2 is 2.29 bits per heavy atom. The molecule has 0 aromatic heterocycles. The molecule has 0 spiro atoms. The molecule has 4 heteroatoms. The molecule has 17 heavy (non-hydrogen) atoms. The van der Waals surface area contributed by atoms with E-state index in [4.69, 9.17) is 16.9 Å². The predicted octanol–water partition coefficient (Wildman–Crippen LogP) is 1.42. The fraction of sp³-hybridized carbons (Fsp3) is 0.308. The largest absolute Gasteiger partial charge is 0.480 e. The first-order chi connectivity index (χ1) is 8.04. The van der Waals surface area contributed by atoms with Crippen molar-refractivity contribution in [3.8, 4) is 18.1 Å². The number of carbonyl (C=O) groups excluding carboxylic acids is 1. The molecule has 1 rings (SSSR count). The topological polar surface area (TPSA) is 64.3 Å². The fourth-order valence-electron chi connectivity index (χ4n) is 1.31. The van der Waals surface area contributed by atoms with Gasteiger partial charge in [-0.15, -0.1) is 6.42 Å². The molecular formula is C13H16N2O2. The Morgan fingerprint density at radius 3 is 2.88 bits per heavy atom. The molecule has 0 radical (unpaired) electrons. The third-order valence-electron chi connectivity index (χ3n) is 1.98. The van der Waals surface area contributed by atoms with Crippen LogP contribution in [-0.2, 0) is 0 Å². The Hall–Kier alpha value is -2.15. The van der Waals surface area contributed by atoms with Gasteiger partial charge in [-0.25, -0.2) is 0 Å². The van der Waals surface area contributed by atoms with Gasteiger partial charge in [0.1, 0.15) is 12.4 Å². The van der Waals surface area contributed by atoms with Crippen LogP contribution in [0.3, 0.4) is 0 Å². The second-order valence-electron chi connectivity index (χ2n) is 3.88. The molecule has 1 aromatic rings. The number of nitrogens with one attached hydrogen (secondary N) is 1. The summed E-state index contributed by atoms with van der Waals surface area (Å²) in [5.74, 6) is 2.57. The number of carbonyl (C=O) groups is 1. The number of nitrogen functional groups attached to an aromatic ring is 1. The van der Waals surface area contributed by atoms with Crippen molar-refractivity contribution in [2.45, 2.75) is 19.9 Å². The molecule has 0 bridgehead atoms. The molecule has 3 N–H and O–H groups in total. The van der Waals surface area contributed by atoms with Gasteiger partial charge in [0.2, 0.25) is 0 Å². The third-order valence-corrected chi connectivity index (χ3v) is 1.98. The molecular weight excluding hydrogens is 216 g/mol. The highest BCUT2D eigenvalue weighted by atomic mass is 16.5. The smallest absolute Gasteiger partial charge is 0.255 e. The quantitative estimate of drug-likeness (QED) is 0.609. The minimum absolute atomic E-state index is 0.0458. The van der Waals surface area contributed by atoms with E-state index in [1.54, 1.807) is 18.2 Å². The lowest BCUT2D eigenvalue weighted by Crippen LogP contribution is -2.30. The number of rotatable bonds is 4. The van der Waals surface area contributed by atoms with Crippen LogP contribution in [0.25, 0.3) is 0 Å². The summed E-state index contributed by atoms with van der Waals surface area (Å²) in [5.41, 5.74) is 6.55. The van der Waals surface area contributed by atoms with Crippen molar-refractivity contribution >= 4 is 11.6 Å². The Labute approximate surface area is 101 Å². The van der Waals surface area contributed by atoms with E-state index in [1.165, 1.54) is 0 Å². The third kappa shape index (κ3) is 3.72. The molecule has 0 heterocycles. The van der Waals surface area contributed by atoms with Crippen molar-refractivity contribution in [3.05, 3.63) is 23.8 Å². The molecule has 90 valence electrons. The van der Waals surface area contributed by atoms with E-state index in [0.717, 1.165) is 0 Å². The second-order valence-corrected chi connectivity index (χ2v) is 3.88. The first-order valence-corrected chi connectivity index (χ1v) is 5.31. The summed E-state index contributed by atoms with van der Waals surface area (Å²) in [6.07, 6.45) is 5.11. The summed E-state index contributed by atoms with van der Waals surface area (Å²) in [7, 11) is 0. The number of benzene rings is 1. The summed E-state index contributed by atoms with van der Waals surface area (Å²) < 4.78 is 5.29. The number of nitrogens with two attached hydrogens (primary N) is 1. The van der Waals surface area contributed by atoms with Crippen molar-refractivity contribution in [2.75, 3.05) is 12.3 Å². The Kier molecular flexibility index (Phi) is 4.41. The zero-order chi connectivity index (χ0) is 12.8. The van der Waals surface area contributed by atoms with Gasteiger partial charge in [-0.1, -0.05) is 5.92 Å². The lowest BCUT2D eigenvalue weighted by Gasteiger charge is -2.12. The summed E-state index contributed by atoms with van der Waals surface area (Å²) in [6, 6.07) is 4.92. The molecule has 0 unspecified atom stereocenters. The first-order valence-electron chi connectivity index (χ1n) is 5.31. The van der Waals surface area contributed by atoms with Crippen LogP contribution in [0.15, 0.2) is 18.2 Å². The standard InChI is InChI=1S/C13H16N2O2/c1-4-7-17-12-6-5-10(14)8-11(12)13(16)15-9(2)3/h1,5-6,8-9H,7,14H2,2-3H3,(H,15,16). The molecule has 0 saturated carbocycles. The molecule has 4 nitrogen and oxygen atoms in total. The van der Waals surface area contributed by atoms with Crippen LogP contribution in [0.1, 0.15) is 24.2 Å². The number of hydrogen-bond donors (Lipinski definition) is 2. The highest BCUT2D eigenvalue weighted by Gasteiger charge is 2.13. The van der Waals surface area contributed by atoms with Gasteiger partial charge in [-0.05, 0) is 32.0 Å². The van der Waals surface area contributed by atoms with E-state index < -0.39 is 0 Å². The van der Waals surface area contributed by atoms with Crippen LogP contribution in [0, 0.1) is 12.3 Å². The monoisotopic (exact) mass is 232 g/mol. The normalized spacial score (nSPS) is 9.76. The van der Waals surface area contributed by atoms with Crippen LogP contribution in [0.5, 0.6) is 5.75 Å². The Bertz CT molecular complexity index is 447. The van der Waals surface area contributed by atoms with Gasteiger partial charge in [0.15, 0.2) is 0 Å². The number of hydrogen-bond acceptors (Lipinski definition) is 3. The van der Waals surface area contributed by atoms with E-state index in [2.05, 4.69) is 11.2 Å². The van der Waals surface area contributed by atoms with Crippen molar-refractivity contribution in [1.29, 1.82) is 0 Å². The van der Waals surface area contributed by atoms with E-state index in [1.807, 2.05) is 13.8 Å². The molecule has 0 fully saturated rings. The molecule has 1 aromatic carbocycles. The lowest BCUT2D eigenvalue weighted by atomic mass is 10.1. The summed E-state index contributed by atoms with van der Waals surface area (Å²) in [4.78, 5) is 11.9. The maximum absolute atomic E-state index is 11.9. The van der Waals surface area contributed by atoms with Crippen molar-refractivity contribution in [3.63, 3.8) is 0 Å². The molecule has 0 atom stereocenters. The number of anilines is 1. The summed E-state index contributed by atoms with van der Waals surface area (Å²) in [5, 5.41) is 2.78.